The number of aromatic nitrogens is 1. The molecule has 104 valence electrons. The number of nitrogens with one attached hydrogen (secondary N) is 1. The lowest BCUT2D eigenvalue weighted by Gasteiger charge is -1.98. The molecule has 0 fully saturated rings. The third-order valence-corrected chi connectivity index (χ3v) is 3.20. The number of hydrogen-bond acceptors (Lipinski definition) is 3. The third kappa shape index (κ3) is 2.80. The van der Waals surface area contributed by atoms with Gasteiger partial charge in [0.05, 0.1) is 11.1 Å². The Morgan fingerprint density at radius 3 is 2.71 bits per heavy atom. The molecule has 0 spiro atoms. The predicted octanol–water partition coefficient (Wildman–Crippen LogP) is 3.67. The van der Waals surface area contributed by atoms with E-state index in [2.05, 4.69) is 4.98 Å². The van der Waals surface area contributed by atoms with E-state index in [-0.39, 0.29) is 16.9 Å². The molecule has 1 N–H and O–H groups in total. The van der Waals surface area contributed by atoms with Crippen LogP contribution in [0, 0.1) is 0 Å². The molecule has 3 rings (SSSR count). The van der Waals surface area contributed by atoms with Crippen LogP contribution in [0.25, 0.3) is 17.2 Å². The van der Waals surface area contributed by atoms with E-state index in [0.717, 1.165) is 5.56 Å². The van der Waals surface area contributed by atoms with Gasteiger partial charge in [0.15, 0.2) is 11.4 Å². The van der Waals surface area contributed by atoms with Crippen LogP contribution in [0.5, 0.6) is 0 Å². The molecule has 0 amide bonds. The number of aromatic amines is 1. The van der Waals surface area contributed by atoms with Gasteiger partial charge in [-0.2, -0.15) is 0 Å². The van der Waals surface area contributed by atoms with Gasteiger partial charge in [0, 0.05) is 5.02 Å². The summed E-state index contributed by atoms with van der Waals surface area (Å²) in [6.45, 7) is 0. The van der Waals surface area contributed by atoms with Crippen molar-refractivity contribution < 1.29 is 9.21 Å². The van der Waals surface area contributed by atoms with Crippen LogP contribution in [-0.4, -0.2) is 10.8 Å². The van der Waals surface area contributed by atoms with Crippen molar-refractivity contribution in [3.05, 3.63) is 75.2 Å². The van der Waals surface area contributed by atoms with Crippen LogP contribution in [0.15, 0.2) is 57.8 Å². The molecular formula is C16H10ClNO3. The van der Waals surface area contributed by atoms with Gasteiger partial charge in [-0.3, -0.25) is 9.78 Å². The normalized spacial score (nSPS) is 11.3. The monoisotopic (exact) mass is 299 g/mol. The predicted molar refractivity (Wildman–Crippen MR) is 81.7 cm³/mol. The smallest absolute Gasteiger partial charge is 0.407 e. The van der Waals surface area contributed by atoms with E-state index in [1.165, 1.54) is 12.1 Å². The molecule has 0 atom stereocenters. The van der Waals surface area contributed by atoms with Gasteiger partial charge >= 0.3 is 5.76 Å². The van der Waals surface area contributed by atoms with Gasteiger partial charge in [-0.1, -0.05) is 48.0 Å². The Hall–Kier alpha value is -2.59. The highest BCUT2D eigenvalue weighted by atomic mass is 35.5. The Kier molecular flexibility index (Phi) is 3.46. The lowest BCUT2D eigenvalue weighted by atomic mass is 10.1. The number of carbonyl (C=O) groups is 1. The van der Waals surface area contributed by atoms with E-state index in [4.69, 9.17) is 16.0 Å². The first kappa shape index (κ1) is 13.4. The maximum absolute atomic E-state index is 12.3. The van der Waals surface area contributed by atoms with Crippen molar-refractivity contribution in [2.45, 2.75) is 0 Å². The summed E-state index contributed by atoms with van der Waals surface area (Å²) in [5.41, 5.74) is 1.78. The van der Waals surface area contributed by atoms with Crippen LogP contribution in [0.2, 0.25) is 5.02 Å². The summed E-state index contributed by atoms with van der Waals surface area (Å²) in [4.78, 5) is 26.0. The molecule has 0 aliphatic heterocycles. The SMILES string of the molecule is O=C(/C=C/c1ccccc1)c1cc(Cl)cc2[nH]c(=O)oc12. The standard InChI is InChI=1S/C16H10ClNO3/c17-11-8-12(15-13(9-11)18-16(20)21-15)14(19)7-6-10-4-2-1-3-5-10/h1-9H,(H,18,20)/b7-6+. The summed E-state index contributed by atoms with van der Waals surface area (Å²) in [6.07, 6.45) is 3.12. The number of hydrogen-bond donors (Lipinski definition) is 1. The van der Waals surface area contributed by atoms with Crippen molar-refractivity contribution in [1.82, 2.24) is 4.98 Å². The van der Waals surface area contributed by atoms with E-state index in [0.29, 0.717) is 10.5 Å². The van der Waals surface area contributed by atoms with Gasteiger partial charge in [0.2, 0.25) is 0 Å². The number of ketones is 1. The number of rotatable bonds is 3. The second-order valence-electron chi connectivity index (χ2n) is 4.45. The zero-order valence-corrected chi connectivity index (χ0v) is 11.6. The maximum atomic E-state index is 12.3. The third-order valence-electron chi connectivity index (χ3n) is 2.98. The number of benzene rings is 2. The highest BCUT2D eigenvalue weighted by molar-refractivity contribution is 6.32. The van der Waals surface area contributed by atoms with Crippen LogP contribution in [0.3, 0.4) is 0 Å². The molecule has 1 aromatic heterocycles. The van der Waals surface area contributed by atoms with Gasteiger partial charge in [0.1, 0.15) is 0 Å². The summed E-state index contributed by atoms with van der Waals surface area (Å²) in [6, 6.07) is 12.5. The minimum atomic E-state index is -0.617. The topological polar surface area (TPSA) is 63.1 Å². The fraction of sp³-hybridized carbons (Fsp3) is 0. The van der Waals surface area contributed by atoms with E-state index < -0.39 is 5.76 Å². The van der Waals surface area contributed by atoms with Gasteiger partial charge in [-0.15, -0.1) is 0 Å². The van der Waals surface area contributed by atoms with Crippen LogP contribution in [-0.2, 0) is 0 Å². The second kappa shape index (κ2) is 5.42. The van der Waals surface area contributed by atoms with Crippen LogP contribution >= 0.6 is 11.6 Å². The van der Waals surface area contributed by atoms with Crippen molar-refractivity contribution in [3.63, 3.8) is 0 Å². The van der Waals surface area contributed by atoms with Crippen LogP contribution in [0.4, 0.5) is 0 Å². The summed E-state index contributed by atoms with van der Waals surface area (Å²) in [5.74, 6) is -0.901. The second-order valence-corrected chi connectivity index (χ2v) is 4.89. The first-order valence-electron chi connectivity index (χ1n) is 6.23. The van der Waals surface area contributed by atoms with Crippen molar-refractivity contribution in [2.24, 2.45) is 0 Å². The molecule has 21 heavy (non-hydrogen) atoms. The Bertz CT molecular complexity index is 891. The lowest BCUT2D eigenvalue weighted by Crippen LogP contribution is -1.95. The molecule has 0 unspecified atom stereocenters. The van der Waals surface area contributed by atoms with E-state index in [1.54, 1.807) is 12.1 Å². The number of carbonyl (C=O) groups excluding carboxylic acids is 1. The van der Waals surface area contributed by atoms with Gasteiger partial charge < -0.3 is 4.42 Å². The Morgan fingerprint density at radius 1 is 1.19 bits per heavy atom. The summed E-state index contributed by atoms with van der Waals surface area (Å²) >= 11 is 5.95. The summed E-state index contributed by atoms with van der Waals surface area (Å²) < 4.78 is 5.00. The highest BCUT2D eigenvalue weighted by Gasteiger charge is 2.13. The molecule has 0 aliphatic rings. The number of allylic oxidation sites excluding steroid dienone is 1. The van der Waals surface area contributed by atoms with E-state index in [9.17, 15) is 9.59 Å². The average Bonchev–Trinajstić information content (AvgIpc) is 2.85. The van der Waals surface area contributed by atoms with E-state index in [1.807, 2.05) is 30.3 Å². The number of halogens is 1. The largest absolute Gasteiger partial charge is 0.417 e. The van der Waals surface area contributed by atoms with Crippen molar-refractivity contribution >= 4 is 34.6 Å². The molecule has 0 saturated heterocycles. The maximum Gasteiger partial charge on any atom is 0.417 e. The molecule has 2 aromatic carbocycles. The molecule has 0 radical (unpaired) electrons. The number of oxazole rings is 1. The van der Waals surface area contributed by atoms with Gasteiger partial charge in [-0.05, 0) is 23.8 Å². The van der Waals surface area contributed by atoms with Crippen LogP contribution < -0.4 is 5.76 Å². The molecule has 3 aromatic rings. The Labute approximate surface area is 124 Å². The Morgan fingerprint density at radius 2 is 1.95 bits per heavy atom. The van der Waals surface area contributed by atoms with Gasteiger partial charge in [0.25, 0.3) is 0 Å². The fourth-order valence-corrected chi connectivity index (χ4v) is 2.25. The van der Waals surface area contributed by atoms with E-state index >= 15 is 0 Å². The van der Waals surface area contributed by atoms with Crippen LogP contribution in [0.1, 0.15) is 15.9 Å². The molecule has 5 heteroatoms. The summed E-state index contributed by atoms with van der Waals surface area (Å²) in [7, 11) is 0. The quantitative estimate of drug-likeness (QED) is 0.593. The zero-order valence-electron chi connectivity index (χ0n) is 10.8. The molecular weight excluding hydrogens is 290 g/mol. The highest BCUT2D eigenvalue weighted by Crippen LogP contribution is 2.22. The zero-order chi connectivity index (χ0) is 14.8. The number of H-pyrrole nitrogens is 1. The molecule has 0 aliphatic carbocycles. The Balaban J connectivity index is 2.02. The van der Waals surface area contributed by atoms with Crippen molar-refractivity contribution in [3.8, 4) is 0 Å². The summed E-state index contributed by atoms with van der Waals surface area (Å²) in [5, 5.41) is 0.357. The first-order chi connectivity index (χ1) is 10.1. The van der Waals surface area contributed by atoms with Crippen molar-refractivity contribution in [2.75, 3.05) is 0 Å². The lowest BCUT2D eigenvalue weighted by molar-refractivity contribution is 0.104. The first-order valence-corrected chi connectivity index (χ1v) is 6.61. The fourth-order valence-electron chi connectivity index (χ4n) is 2.03. The minimum absolute atomic E-state index is 0.215. The number of fused-ring (bicyclic) bond motifs is 1. The van der Waals surface area contributed by atoms with Crippen molar-refractivity contribution in [1.29, 1.82) is 0 Å². The average molecular weight is 300 g/mol. The molecule has 4 nitrogen and oxygen atoms in total. The minimum Gasteiger partial charge on any atom is -0.407 e. The molecule has 0 saturated carbocycles. The molecule has 1 heterocycles. The van der Waals surface area contributed by atoms with Gasteiger partial charge in [-0.25, -0.2) is 4.79 Å². The molecule has 0 bridgehead atoms.